The lowest BCUT2D eigenvalue weighted by Crippen LogP contribution is -2.41. The van der Waals surface area contributed by atoms with Gasteiger partial charge in [0.05, 0.1) is 7.11 Å². The van der Waals surface area contributed by atoms with Crippen LogP contribution in [0.1, 0.15) is 29.5 Å². The molecule has 1 aliphatic carbocycles. The topological polar surface area (TPSA) is 38.5 Å². The maximum absolute atomic E-state index is 5.84. The monoisotopic (exact) mass is 262 g/mol. The molecule has 19 heavy (non-hydrogen) atoms. The van der Waals surface area contributed by atoms with E-state index >= 15 is 0 Å². The molecule has 1 saturated carbocycles. The average Bonchev–Trinajstić information content (AvgIpc) is 2.31. The molecular formula is C16H26N2O. The summed E-state index contributed by atoms with van der Waals surface area (Å²) in [6.45, 7) is 6.41. The first-order valence-electron chi connectivity index (χ1n) is 7.07. The van der Waals surface area contributed by atoms with Crippen LogP contribution in [0.15, 0.2) is 12.1 Å². The molecule has 0 heterocycles. The molecule has 0 bridgehead atoms. The Labute approximate surface area is 116 Å². The summed E-state index contributed by atoms with van der Waals surface area (Å²) < 4.78 is 5.36. The van der Waals surface area contributed by atoms with Gasteiger partial charge in [-0.05, 0) is 62.4 Å². The SMILES string of the molecule is COc1cc(C)c(CN(C)CC2CC(N)C2)cc1C. The van der Waals surface area contributed by atoms with Crippen molar-refractivity contribution in [2.24, 2.45) is 11.7 Å². The van der Waals surface area contributed by atoms with E-state index in [1.807, 2.05) is 0 Å². The molecule has 0 radical (unpaired) electrons. The van der Waals surface area contributed by atoms with Crippen molar-refractivity contribution in [2.75, 3.05) is 20.7 Å². The van der Waals surface area contributed by atoms with Crippen LogP contribution in [0, 0.1) is 19.8 Å². The van der Waals surface area contributed by atoms with E-state index in [2.05, 4.69) is 37.9 Å². The Morgan fingerprint density at radius 2 is 1.95 bits per heavy atom. The highest BCUT2D eigenvalue weighted by Gasteiger charge is 2.26. The maximum atomic E-state index is 5.84. The van der Waals surface area contributed by atoms with Crippen LogP contribution in [0.25, 0.3) is 0 Å². The minimum Gasteiger partial charge on any atom is -0.496 e. The zero-order chi connectivity index (χ0) is 14.0. The van der Waals surface area contributed by atoms with Crippen LogP contribution in [0.4, 0.5) is 0 Å². The smallest absolute Gasteiger partial charge is 0.122 e. The molecule has 2 N–H and O–H groups in total. The second kappa shape index (κ2) is 5.93. The van der Waals surface area contributed by atoms with E-state index in [9.17, 15) is 0 Å². The van der Waals surface area contributed by atoms with Gasteiger partial charge >= 0.3 is 0 Å². The molecule has 0 unspecified atom stereocenters. The summed E-state index contributed by atoms with van der Waals surface area (Å²) in [7, 11) is 3.93. The maximum Gasteiger partial charge on any atom is 0.122 e. The first kappa shape index (κ1) is 14.4. The highest BCUT2D eigenvalue weighted by atomic mass is 16.5. The minimum atomic E-state index is 0.448. The third-order valence-corrected chi connectivity index (χ3v) is 4.14. The quantitative estimate of drug-likeness (QED) is 0.886. The molecule has 1 aliphatic rings. The van der Waals surface area contributed by atoms with Crippen molar-refractivity contribution in [3.05, 3.63) is 28.8 Å². The molecule has 0 aromatic heterocycles. The van der Waals surface area contributed by atoms with E-state index in [1.54, 1.807) is 7.11 Å². The predicted molar refractivity (Wildman–Crippen MR) is 79.5 cm³/mol. The van der Waals surface area contributed by atoms with E-state index in [0.29, 0.717) is 6.04 Å². The molecule has 1 aromatic carbocycles. The van der Waals surface area contributed by atoms with E-state index in [0.717, 1.165) is 24.8 Å². The lowest BCUT2D eigenvalue weighted by Gasteiger charge is -2.35. The highest BCUT2D eigenvalue weighted by molar-refractivity contribution is 5.41. The number of nitrogens with two attached hydrogens (primary N) is 1. The lowest BCUT2D eigenvalue weighted by molar-refractivity contribution is 0.178. The molecule has 0 spiro atoms. The van der Waals surface area contributed by atoms with Crippen molar-refractivity contribution in [3.8, 4) is 5.75 Å². The molecule has 1 aromatic rings. The zero-order valence-corrected chi connectivity index (χ0v) is 12.6. The Morgan fingerprint density at radius 3 is 2.53 bits per heavy atom. The zero-order valence-electron chi connectivity index (χ0n) is 12.6. The Morgan fingerprint density at radius 1 is 1.26 bits per heavy atom. The summed E-state index contributed by atoms with van der Waals surface area (Å²) in [6.07, 6.45) is 2.37. The molecule has 0 amide bonds. The van der Waals surface area contributed by atoms with Gasteiger partial charge in [0, 0.05) is 19.1 Å². The molecule has 3 heteroatoms. The second-order valence-corrected chi connectivity index (χ2v) is 6.04. The van der Waals surface area contributed by atoms with Gasteiger partial charge < -0.3 is 15.4 Å². The lowest BCUT2D eigenvalue weighted by atomic mass is 9.80. The van der Waals surface area contributed by atoms with Crippen LogP contribution < -0.4 is 10.5 Å². The normalized spacial score (nSPS) is 22.4. The van der Waals surface area contributed by atoms with Crippen LogP contribution in [0.5, 0.6) is 5.75 Å². The predicted octanol–water partition coefficient (Wildman–Crippen LogP) is 2.48. The number of ether oxygens (including phenoxy) is 1. The number of methoxy groups -OCH3 is 1. The Kier molecular flexibility index (Phi) is 4.48. The van der Waals surface area contributed by atoms with Gasteiger partial charge in [0.2, 0.25) is 0 Å². The third-order valence-electron chi connectivity index (χ3n) is 4.14. The second-order valence-electron chi connectivity index (χ2n) is 6.04. The average molecular weight is 262 g/mol. The molecule has 0 aliphatic heterocycles. The minimum absolute atomic E-state index is 0.448. The fourth-order valence-corrected chi connectivity index (χ4v) is 2.97. The number of hydrogen-bond acceptors (Lipinski definition) is 3. The fourth-order valence-electron chi connectivity index (χ4n) is 2.97. The fraction of sp³-hybridized carbons (Fsp3) is 0.625. The summed E-state index contributed by atoms with van der Waals surface area (Å²) in [6, 6.07) is 4.83. The Bertz CT molecular complexity index is 439. The van der Waals surface area contributed by atoms with E-state index in [1.165, 1.54) is 29.5 Å². The van der Waals surface area contributed by atoms with Gasteiger partial charge in [-0.15, -0.1) is 0 Å². The van der Waals surface area contributed by atoms with Gasteiger partial charge in [-0.1, -0.05) is 6.07 Å². The van der Waals surface area contributed by atoms with Gasteiger partial charge in [0.1, 0.15) is 5.75 Å². The molecule has 106 valence electrons. The number of hydrogen-bond donors (Lipinski definition) is 1. The van der Waals surface area contributed by atoms with Gasteiger partial charge in [0.15, 0.2) is 0 Å². The molecule has 0 atom stereocenters. The largest absolute Gasteiger partial charge is 0.496 e. The van der Waals surface area contributed by atoms with Crippen molar-refractivity contribution in [1.82, 2.24) is 4.90 Å². The Hall–Kier alpha value is -1.06. The van der Waals surface area contributed by atoms with Crippen LogP contribution in [0.2, 0.25) is 0 Å². The Balaban J connectivity index is 1.96. The van der Waals surface area contributed by atoms with Crippen molar-refractivity contribution in [3.63, 3.8) is 0 Å². The first-order valence-corrected chi connectivity index (χ1v) is 7.07. The first-order chi connectivity index (χ1) is 8.99. The van der Waals surface area contributed by atoms with Gasteiger partial charge in [-0.2, -0.15) is 0 Å². The van der Waals surface area contributed by atoms with Gasteiger partial charge in [0.25, 0.3) is 0 Å². The van der Waals surface area contributed by atoms with Crippen molar-refractivity contribution in [2.45, 2.75) is 39.3 Å². The summed E-state index contributed by atoms with van der Waals surface area (Å²) >= 11 is 0. The molecular weight excluding hydrogens is 236 g/mol. The molecule has 3 nitrogen and oxygen atoms in total. The number of rotatable bonds is 5. The van der Waals surface area contributed by atoms with Crippen LogP contribution in [-0.4, -0.2) is 31.6 Å². The summed E-state index contributed by atoms with van der Waals surface area (Å²) in [5, 5.41) is 0. The number of nitrogens with zero attached hydrogens (tertiary/aromatic N) is 1. The number of benzene rings is 1. The highest BCUT2D eigenvalue weighted by Crippen LogP contribution is 2.27. The van der Waals surface area contributed by atoms with Crippen LogP contribution >= 0.6 is 0 Å². The van der Waals surface area contributed by atoms with Crippen molar-refractivity contribution < 1.29 is 4.74 Å². The summed E-state index contributed by atoms with van der Waals surface area (Å²) in [5.41, 5.74) is 9.75. The van der Waals surface area contributed by atoms with Crippen molar-refractivity contribution in [1.29, 1.82) is 0 Å². The van der Waals surface area contributed by atoms with Gasteiger partial charge in [-0.25, -0.2) is 0 Å². The van der Waals surface area contributed by atoms with E-state index in [-0.39, 0.29) is 0 Å². The summed E-state index contributed by atoms with van der Waals surface area (Å²) in [5.74, 6) is 1.77. The van der Waals surface area contributed by atoms with E-state index in [4.69, 9.17) is 10.5 Å². The molecule has 2 rings (SSSR count). The van der Waals surface area contributed by atoms with Crippen LogP contribution in [0.3, 0.4) is 0 Å². The molecule has 1 fully saturated rings. The van der Waals surface area contributed by atoms with Gasteiger partial charge in [-0.3, -0.25) is 0 Å². The summed E-state index contributed by atoms with van der Waals surface area (Å²) in [4.78, 5) is 2.41. The molecule has 0 saturated heterocycles. The third kappa shape index (κ3) is 3.48. The number of aryl methyl sites for hydroxylation is 2. The van der Waals surface area contributed by atoms with Crippen molar-refractivity contribution >= 4 is 0 Å². The van der Waals surface area contributed by atoms with E-state index < -0.39 is 0 Å². The standard InChI is InChI=1S/C16H26N2O/c1-11-6-16(19-4)12(2)5-14(11)10-18(3)9-13-7-15(17)8-13/h5-6,13,15H,7-10,17H2,1-4H3. The van der Waals surface area contributed by atoms with Crippen LogP contribution in [-0.2, 0) is 6.54 Å².